The van der Waals surface area contributed by atoms with Crippen molar-refractivity contribution in [2.24, 2.45) is 0 Å². The van der Waals surface area contributed by atoms with Gasteiger partial charge in [-0.15, -0.1) is 0 Å². The number of carboxylic acids is 1. The molecule has 0 aliphatic heterocycles. The summed E-state index contributed by atoms with van der Waals surface area (Å²) < 4.78 is 5.16. The number of phenols is 1. The van der Waals surface area contributed by atoms with Gasteiger partial charge in [-0.05, 0) is 24.3 Å². The molecular weight excluding hydrogens is 298 g/mol. The number of rotatable bonds is 4. The molecule has 0 spiro atoms. The number of methoxy groups -OCH3 is 1. The molecule has 0 saturated heterocycles. The minimum Gasteiger partial charge on any atom is -0.507 e. The van der Waals surface area contributed by atoms with E-state index in [0.29, 0.717) is 22.8 Å². The van der Waals surface area contributed by atoms with Crippen LogP contribution in [0.15, 0.2) is 42.7 Å². The zero-order valence-electron chi connectivity index (χ0n) is 12.1. The van der Waals surface area contributed by atoms with Crippen molar-refractivity contribution in [3.05, 3.63) is 48.3 Å². The Kier molecular flexibility index (Phi) is 3.68. The number of aromatic hydroxyl groups is 1. The lowest BCUT2D eigenvalue weighted by atomic mass is 10.1. The summed E-state index contributed by atoms with van der Waals surface area (Å²) in [6, 6.07) is 9.62. The van der Waals surface area contributed by atoms with Crippen LogP contribution in [0, 0.1) is 0 Å². The maximum atomic E-state index is 10.9. The SMILES string of the molecule is COc1ccc2c(Nc3ccc(C(=O)O)c(O)c3)ncnc2c1. The number of anilines is 2. The van der Waals surface area contributed by atoms with E-state index in [4.69, 9.17) is 9.84 Å². The van der Waals surface area contributed by atoms with Crippen molar-refractivity contribution in [2.45, 2.75) is 0 Å². The van der Waals surface area contributed by atoms with Crippen LogP contribution in [0.4, 0.5) is 11.5 Å². The largest absolute Gasteiger partial charge is 0.507 e. The average molecular weight is 311 g/mol. The monoisotopic (exact) mass is 311 g/mol. The lowest BCUT2D eigenvalue weighted by Crippen LogP contribution is -1.99. The van der Waals surface area contributed by atoms with E-state index in [1.165, 1.54) is 18.5 Å². The van der Waals surface area contributed by atoms with Crippen LogP contribution < -0.4 is 10.1 Å². The van der Waals surface area contributed by atoms with Gasteiger partial charge in [0, 0.05) is 23.2 Å². The van der Waals surface area contributed by atoms with Crippen LogP contribution in [0.25, 0.3) is 10.9 Å². The van der Waals surface area contributed by atoms with Crippen LogP contribution in [0.2, 0.25) is 0 Å². The highest BCUT2D eigenvalue weighted by Gasteiger charge is 2.11. The first-order valence-corrected chi connectivity index (χ1v) is 6.70. The highest BCUT2D eigenvalue weighted by molar-refractivity contribution is 5.93. The third-order valence-electron chi connectivity index (χ3n) is 3.33. The Balaban J connectivity index is 1.98. The Hall–Kier alpha value is -3.35. The molecule has 3 N–H and O–H groups in total. The lowest BCUT2D eigenvalue weighted by molar-refractivity contribution is 0.0694. The van der Waals surface area contributed by atoms with E-state index in [1.54, 1.807) is 25.3 Å². The summed E-state index contributed by atoms with van der Waals surface area (Å²) in [5.74, 6) is -0.276. The highest BCUT2D eigenvalue weighted by atomic mass is 16.5. The Morgan fingerprint density at radius 1 is 1.17 bits per heavy atom. The smallest absolute Gasteiger partial charge is 0.339 e. The van der Waals surface area contributed by atoms with Crippen molar-refractivity contribution in [1.82, 2.24) is 9.97 Å². The van der Waals surface area contributed by atoms with Gasteiger partial charge in [0.05, 0.1) is 12.6 Å². The highest BCUT2D eigenvalue weighted by Crippen LogP contribution is 2.28. The van der Waals surface area contributed by atoms with Crippen LogP contribution in [0.3, 0.4) is 0 Å². The van der Waals surface area contributed by atoms with Gasteiger partial charge < -0.3 is 20.3 Å². The molecule has 0 saturated carbocycles. The quantitative estimate of drug-likeness (QED) is 0.680. The maximum absolute atomic E-state index is 10.9. The fourth-order valence-corrected chi connectivity index (χ4v) is 2.19. The van der Waals surface area contributed by atoms with Crippen LogP contribution in [0.5, 0.6) is 11.5 Å². The molecule has 0 unspecified atom stereocenters. The summed E-state index contributed by atoms with van der Waals surface area (Å²) in [6.45, 7) is 0. The molecule has 0 atom stereocenters. The minimum atomic E-state index is -1.19. The molecule has 0 amide bonds. The molecule has 0 aliphatic carbocycles. The van der Waals surface area contributed by atoms with Crippen LogP contribution >= 0.6 is 0 Å². The predicted octanol–water partition coefficient (Wildman–Crippen LogP) is 2.79. The number of ether oxygens (including phenoxy) is 1. The molecule has 1 heterocycles. The normalized spacial score (nSPS) is 10.5. The van der Waals surface area contributed by atoms with Crippen molar-refractivity contribution >= 4 is 28.4 Å². The number of hydrogen-bond donors (Lipinski definition) is 3. The van der Waals surface area contributed by atoms with Crippen LogP contribution in [-0.2, 0) is 0 Å². The van der Waals surface area contributed by atoms with Gasteiger partial charge in [0.1, 0.15) is 29.2 Å². The Bertz CT molecular complexity index is 896. The Labute approximate surface area is 131 Å². The molecule has 3 aromatic rings. The van der Waals surface area contributed by atoms with Crippen molar-refractivity contribution in [3.8, 4) is 11.5 Å². The van der Waals surface area contributed by atoms with Gasteiger partial charge >= 0.3 is 5.97 Å². The molecule has 116 valence electrons. The standard InChI is InChI=1S/C16H13N3O4/c1-23-10-3-5-11-13(7-10)17-8-18-15(11)19-9-2-4-12(16(21)22)14(20)6-9/h2-8,20H,1H3,(H,21,22)(H,17,18,19). The van der Waals surface area contributed by atoms with Gasteiger partial charge in [-0.2, -0.15) is 0 Å². The van der Waals surface area contributed by atoms with Gasteiger partial charge in [-0.25, -0.2) is 14.8 Å². The van der Waals surface area contributed by atoms with E-state index in [2.05, 4.69) is 15.3 Å². The van der Waals surface area contributed by atoms with Crippen LogP contribution in [0.1, 0.15) is 10.4 Å². The second kappa shape index (κ2) is 5.80. The summed E-state index contributed by atoms with van der Waals surface area (Å²) in [6.07, 6.45) is 1.41. The van der Waals surface area contributed by atoms with Crippen molar-refractivity contribution < 1.29 is 19.7 Å². The Morgan fingerprint density at radius 3 is 2.70 bits per heavy atom. The molecule has 0 radical (unpaired) electrons. The molecule has 0 aliphatic rings. The van der Waals surface area contributed by atoms with E-state index < -0.39 is 5.97 Å². The first-order chi connectivity index (χ1) is 11.1. The van der Waals surface area contributed by atoms with Crippen molar-refractivity contribution in [1.29, 1.82) is 0 Å². The van der Waals surface area contributed by atoms with E-state index in [1.807, 2.05) is 6.07 Å². The fraction of sp³-hybridized carbons (Fsp3) is 0.0625. The van der Waals surface area contributed by atoms with E-state index in [9.17, 15) is 9.90 Å². The molecule has 0 fully saturated rings. The predicted molar refractivity (Wildman–Crippen MR) is 84.4 cm³/mol. The molecular formula is C16H13N3O4. The molecule has 7 nitrogen and oxygen atoms in total. The molecule has 3 rings (SSSR count). The zero-order valence-corrected chi connectivity index (χ0v) is 12.1. The number of aromatic nitrogens is 2. The van der Waals surface area contributed by atoms with Gasteiger partial charge in [-0.1, -0.05) is 0 Å². The number of fused-ring (bicyclic) bond motifs is 1. The van der Waals surface area contributed by atoms with E-state index in [0.717, 1.165) is 5.39 Å². The van der Waals surface area contributed by atoms with Gasteiger partial charge in [0.15, 0.2) is 0 Å². The summed E-state index contributed by atoms with van der Waals surface area (Å²) >= 11 is 0. The van der Waals surface area contributed by atoms with E-state index in [-0.39, 0.29) is 11.3 Å². The van der Waals surface area contributed by atoms with Gasteiger partial charge in [0.2, 0.25) is 0 Å². The third-order valence-corrected chi connectivity index (χ3v) is 3.33. The summed E-state index contributed by atoms with van der Waals surface area (Å²) in [4.78, 5) is 19.3. The average Bonchev–Trinajstić information content (AvgIpc) is 2.54. The van der Waals surface area contributed by atoms with Crippen LogP contribution in [-0.4, -0.2) is 33.3 Å². The zero-order chi connectivity index (χ0) is 16.4. The number of nitrogens with zero attached hydrogens (tertiary/aromatic N) is 2. The lowest BCUT2D eigenvalue weighted by Gasteiger charge is -2.10. The second-order valence-corrected chi connectivity index (χ2v) is 4.77. The van der Waals surface area contributed by atoms with Gasteiger partial charge in [0.25, 0.3) is 0 Å². The number of carbonyl (C=O) groups is 1. The minimum absolute atomic E-state index is 0.159. The van der Waals surface area contributed by atoms with Crippen molar-refractivity contribution in [2.75, 3.05) is 12.4 Å². The van der Waals surface area contributed by atoms with Crippen molar-refractivity contribution in [3.63, 3.8) is 0 Å². The molecule has 0 bridgehead atoms. The summed E-state index contributed by atoms with van der Waals surface area (Å²) in [5, 5.41) is 22.5. The van der Waals surface area contributed by atoms with E-state index >= 15 is 0 Å². The summed E-state index contributed by atoms with van der Waals surface area (Å²) in [5.41, 5.74) is 1.06. The second-order valence-electron chi connectivity index (χ2n) is 4.77. The first kappa shape index (κ1) is 14.6. The number of nitrogens with one attached hydrogen (secondary N) is 1. The number of hydrogen-bond acceptors (Lipinski definition) is 6. The number of carboxylic acid groups (broad SMARTS) is 1. The third kappa shape index (κ3) is 2.84. The summed E-state index contributed by atoms with van der Waals surface area (Å²) in [7, 11) is 1.58. The number of benzene rings is 2. The van der Waals surface area contributed by atoms with Gasteiger partial charge in [-0.3, -0.25) is 0 Å². The molecule has 2 aromatic carbocycles. The molecule has 1 aromatic heterocycles. The first-order valence-electron chi connectivity index (χ1n) is 6.70. The molecule has 23 heavy (non-hydrogen) atoms. The number of aromatic carboxylic acids is 1. The fourth-order valence-electron chi connectivity index (χ4n) is 2.19. The Morgan fingerprint density at radius 2 is 2.00 bits per heavy atom. The topological polar surface area (TPSA) is 105 Å². The maximum Gasteiger partial charge on any atom is 0.339 e. The molecule has 7 heteroatoms.